The third kappa shape index (κ3) is 4.47. The first-order chi connectivity index (χ1) is 8.52. The Bertz CT molecular complexity index is 343. The SMILES string of the molecule is C#CCCOC(=O)C(F)(CC)C(=O)OCCC#C. The number of hydrogen-bond donors (Lipinski definition) is 0. The highest BCUT2D eigenvalue weighted by molar-refractivity contribution is 6.03. The molecule has 98 valence electrons. The van der Waals surface area contributed by atoms with Crippen molar-refractivity contribution >= 4 is 11.9 Å². The number of carbonyl (C=O) groups excluding carboxylic acids is 2. The Hall–Kier alpha value is -2.01. The molecule has 0 aliphatic rings. The third-order valence-electron chi connectivity index (χ3n) is 2.09. The first-order valence-corrected chi connectivity index (χ1v) is 5.43. The van der Waals surface area contributed by atoms with Crippen LogP contribution in [0.15, 0.2) is 0 Å². The molecule has 5 heteroatoms. The van der Waals surface area contributed by atoms with Gasteiger partial charge in [-0.25, -0.2) is 14.0 Å². The van der Waals surface area contributed by atoms with Crippen LogP contribution in [-0.4, -0.2) is 30.8 Å². The second kappa shape index (κ2) is 8.14. The van der Waals surface area contributed by atoms with Crippen molar-refractivity contribution in [3.8, 4) is 24.7 Å². The van der Waals surface area contributed by atoms with Gasteiger partial charge in [-0.05, 0) is 0 Å². The van der Waals surface area contributed by atoms with Gasteiger partial charge < -0.3 is 9.47 Å². The molecule has 0 N–H and O–H groups in total. The Labute approximate surface area is 106 Å². The van der Waals surface area contributed by atoms with Gasteiger partial charge in [0.2, 0.25) is 0 Å². The van der Waals surface area contributed by atoms with E-state index in [9.17, 15) is 14.0 Å². The van der Waals surface area contributed by atoms with Crippen molar-refractivity contribution in [2.75, 3.05) is 13.2 Å². The minimum atomic E-state index is -2.80. The molecule has 0 spiro atoms. The van der Waals surface area contributed by atoms with E-state index < -0.39 is 17.6 Å². The molecule has 0 aromatic heterocycles. The molecule has 0 radical (unpaired) electrons. The Morgan fingerprint density at radius 2 is 1.50 bits per heavy atom. The highest BCUT2D eigenvalue weighted by Crippen LogP contribution is 2.20. The van der Waals surface area contributed by atoms with Crippen LogP contribution in [0.5, 0.6) is 0 Å². The fourth-order valence-electron chi connectivity index (χ4n) is 1.01. The van der Waals surface area contributed by atoms with Gasteiger partial charge in [0.1, 0.15) is 13.2 Å². The fourth-order valence-corrected chi connectivity index (χ4v) is 1.01. The maximum Gasteiger partial charge on any atom is 0.355 e. The summed E-state index contributed by atoms with van der Waals surface area (Å²) < 4.78 is 23.2. The van der Waals surface area contributed by atoms with Crippen molar-refractivity contribution in [2.24, 2.45) is 0 Å². The molecular weight excluding hydrogens is 239 g/mol. The normalized spacial score (nSPS) is 10.0. The third-order valence-corrected chi connectivity index (χ3v) is 2.09. The lowest BCUT2D eigenvalue weighted by Gasteiger charge is -2.19. The van der Waals surface area contributed by atoms with E-state index >= 15 is 0 Å². The van der Waals surface area contributed by atoms with Gasteiger partial charge in [-0.3, -0.25) is 0 Å². The van der Waals surface area contributed by atoms with E-state index in [2.05, 4.69) is 21.3 Å². The minimum Gasteiger partial charge on any atom is -0.462 e. The Kier molecular flexibility index (Phi) is 7.23. The van der Waals surface area contributed by atoms with Gasteiger partial charge in [-0.1, -0.05) is 6.92 Å². The summed E-state index contributed by atoms with van der Waals surface area (Å²) in [5, 5.41) is 0. The van der Waals surface area contributed by atoms with Crippen LogP contribution >= 0.6 is 0 Å². The molecule has 0 saturated heterocycles. The zero-order valence-electron chi connectivity index (χ0n) is 10.2. The van der Waals surface area contributed by atoms with Crippen molar-refractivity contribution in [3.63, 3.8) is 0 Å². The number of carbonyl (C=O) groups is 2. The van der Waals surface area contributed by atoms with Crippen LogP contribution in [0.4, 0.5) is 4.39 Å². The van der Waals surface area contributed by atoms with Gasteiger partial charge in [0, 0.05) is 19.3 Å². The quantitative estimate of drug-likeness (QED) is 0.297. The standard InChI is InChI=1S/C13H15FO4/c1-4-7-9-17-11(15)13(14,6-3)12(16)18-10-8-5-2/h1-2H,6-10H2,3H3. The Morgan fingerprint density at radius 1 is 1.11 bits per heavy atom. The summed E-state index contributed by atoms with van der Waals surface area (Å²) in [7, 11) is 0. The topological polar surface area (TPSA) is 52.6 Å². The molecule has 0 amide bonds. The van der Waals surface area contributed by atoms with Crippen LogP contribution in [0.3, 0.4) is 0 Å². The summed E-state index contributed by atoms with van der Waals surface area (Å²) >= 11 is 0. The molecule has 0 saturated carbocycles. The second-order valence-electron chi connectivity index (χ2n) is 3.33. The van der Waals surface area contributed by atoms with E-state index in [0.29, 0.717) is 0 Å². The summed E-state index contributed by atoms with van der Waals surface area (Å²) in [6, 6.07) is 0. The number of rotatable bonds is 7. The molecule has 0 aliphatic carbocycles. The zero-order valence-corrected chi connectivity index (χ0v) is 10.2. The van der Waals surface area contributed by atoms with Crippen molar-refractivity contribution < 1.29 is 23.5 Å². The summed E-state index contributed by atoms with van der Waals surface area (Å²) in [6.07, 6.45) is 9.83. The van der Waals surface area contributed by atoms with E-state index in [4.69, 9.17) is 12.8 Å². The van der Waals surface area contributed by atoms with Crippen LogP contribution in [0.2, 0.25) is 0 Å². The van der Waals surface area contributed by atoms with E-state index in [0.717, 1.165) is 0 Å². The summed E-state index contributed by atoms with van der Waals surface area (Å²) in [4.78, 5) is 22.9. The van der Waals surface area contributed by atoms with Crippen LogP contribution in [0, 0.1) is 24.7 Å². The second-order valence-corrected chi connectivity index (χ2v) is 3.33. The smallest absolute Gasteiger partial charge is 0.355 e. The first-order valence-electron chi connectivity index (χ1n) is 5.43. The molecule has 4 nitrogen and oxygen atoms in total. The Morgan fingerprint density at radius 3 is 1.78 bits per heavy atom. The fraction of sp³-hybridized carbons (Fsp3) is 0.538. The lowest BCUT2D eigenvalue weighted by Crippen LogP contribution is -2.44. The summed E-state index contributed by atoms with van der Waals surface area (Å²) in [6.45, 7) is 1.06. The first kappa shape index (κ1) is 16.0. The van der Waals surface area contributed by atoms with Crippen molar-refractivity contribution in [1.29, 1.82) is 0 Å². The molecule has 0 fully saturated rings. The molecule has 18 heavy (non-hydrogen) atoms. The van der Waals surface area contributed by atoms with E-state index in [1.807, 2.05) is 0 Å². The van der Waals surface area contributed by atoms with E-state index in [1.54, 1.807) is 0 Å². The molecule has 0 aromatic carbocycles. The van der Waals surface area contributed by atoms with Crippen molar-refractivity contribution in [3.05, 3.63) is 0 Å². The minimum absolute atomic E-state index is 0.140. The number of hydrogen-bond acceptors (Lipinski definition) is 4. The van der Waals surface area contributed by atoms with Crippen LogP contribution in [0.1, 0.15) is 26.2 Å². The lowest BCUT2D eigenvalue weighted by atomic mass is 10.0. The number of esters is 2. The molecule has 0 bridgehead atoms. The number of alkyl halides is 1. The highest BCUT2D eigenvalue weighted by Gasteiger charge is 2.48. The molecule has 0 rings (SSSR count). The zero-order chi connectivity index (χ0) is 14.0. The molecule has 0 aromatic rings. The van der Waals surface area contributed by atoms with Gasteiger partial charge in [0.15, 0.2) is 0 Å². The van der Waals surface area contributed by atoms with Crippen molar-refractivity contribution in [1.82, 2.24) is 0 Å². The largest absolute Gasteiger partial charge is 0.462 e. The van der Waals surface area contributed by atoms with Gasteiger partial charge in [-0.15, -0.1) is 24.7 Å². The van der Waals surface area contributed by atoms with E-state index in [-0.39, 0.29) is 32.5 Å². The monoisotopic (exact) mass is 254 g/mol. The molecule has 0 aliphatic heterocycles. The van der Waals surface area contributed by atoms with Crippen LogP contribution < -0.4 is 0 Å². The average molecular weight is 254 g/mol. The summed E-state index contributed by atoms with van der Waals surface area (Å²) in [5.41, 5.74) is -2.80. The van der Waals surface area contributed by atoms with Gasteiger partial charge in [-0.2, -0.15) is 0 Å². The number of ether oxygens (including phenoxy) is 2. The highest BCUT2D eigenvalue weighted by atomic mass is 19.1. The van der Waals surface area contributed by atoms with E-state index in [1.165, 1.54) is 6.92 Å². The molecular formula is C13H15FO4. The average Bonchev–Trinajstić information content (AvgIpc) is 2.38. The van der Waals surface area contributed by atoms with Gasteiger partial charge in [0.25, 0.3) is 0 Å². The Balaban J connectivity index is 4.49. The maximum absolute atomic E-state index is 14.1. The predicted octanol–water partition coefficient (Wildman–Crippen LogP) is 1.24. The lowest BCUT2D eigenvalue weighted by molar-refractivity contribution is -0.175. The number of terminal acetylenes is 2. The molecule has 0 atom stereocenters. The van der Waals surface area contributed by atoms with Crippen LogP contribution in [0.25, 0.3) is 0 Å². The van der Waals surface area contributed by atoms with Gasteiger partial charge in [0.05, 0.1) is 0 Å². The molecule has 0 unspecified atom stereocenters. The predicted molar refractivity (Wildman–Crippen MR) is 62.9 cm³/mol. The number of halogens is 1. The summed E-state index contributed by atoms with van der Waals surface area (Å²) in [5.74, 6) is 1.88. The van der Waals surface area contributed by atoms with Crippen molar-refractivity contribution in [2.45, 2.75) is 31.9 Å². The molecule has 0 heterocycles. The van der Waals surface area contributed by atoms with Gasteiger partial charge >= 0.3 is 17.6 Å². The maximum atomic E-state index is 14.1. The van der Waals surface area contributed by atoms with Crippen LogP contribution in [-0.2, 0) is 19.1 Å².